The van der Waals surface area contributed by atoms with Gasteiger partial charge in [0.05, 0.1) is 4.90 Å². The molecule has 0 unspecified atom stereocenters. The summed E-state index contributed by atoms with van der Waals surface area (Å²) in [7, 11) is -3.46. The van der Waals surface area contributed by atoms with Gasteiger partial charge in [0.15, 0.2) is 0 Å². The van der Waals surface area contributed by atoms with Gasteiger partial charge in [0.2, 0.25) is 10.0 Å². The molecule has 6 heteroatoms. The Morgan fingerprint density at radius 2 is 1.65 bits per heavy atom. The van der Waals surface area contributed by atoms with Crippen molar-refractivity contribution >= 4 is 15.9 Å². The molecule has 1 saturated carbocycles. The van der Waals surface area contributed by atoms with Crippen LogP contribution in [0.3, 0.4) is 0 Å². The van der Waals surface area contributed by atoms with Crippen LogP contribution in [0.4, 0.5) is 0 Å². The maximum atomic E-state index is 12.8. The molecule has 1 aromatic carbocycles. The van der Waals surface area contributed by atoms with E-state index in [1.165, 1.54) is 12.8 Å². The van der Waals surface area contributed by atoms with Gasteiger partial charge in [-0.2, -0.15) is 4.31 Å². The van der Waals surface area contributed by atoms with Crippen molar-refractivity contribution in [2.75, 3.05) is 19.6 Å². The first-order valence-electron chi connectivity index (χ1n) is 9.84. The molecule has 0 atom stereocenters. The zero-order chi connectivity index (χ0) is 18.7. The first-order chi connectivity index (χ1) is 12.4. The fourth-order valence-electron chi connectivity index (χ4n) is 4.09. The molecule has 3 rings (SSSR count). The van der Waals surface area contributed by atoms with Crippen LogP contribution >= 0.6 is 0 Å². The van der Waals surface area contributed by atoms with E-state index >= 15 is 0 Å². The van der Waals surface area contributed by atoms with Gasteiger partial charge in [-0.3, -0.25) is 4.79 Å². The van der Waals surface area contributed by atoms with E-state index in [1.54, 1.807) is 28.6 Å². The number of piperidine rings is 1. The van der Waals surface area contributed by atoms with Gasteiger partial charge >= 0.3 is 0 Å². The number of benzene rings is 1. The van der Waals surface area contributed by atoms with Gasteiger partial charge in [0.1, 0.15) is 0 Å². The van der Waals surface area contributed by atoms with Crippen LogP contribution in [0, 0.1) is 5.92 Å². The van der Waals surface area contributed by atoms with Crippen LogP contribution in [0.25, 0.3) is 0 Å². The molecule has 0 aromatic heterocycles. The van der Waals surface area contributed by atoms with Gasteiger partial charge in [0, 0.05) is 31.2 Å². The summed E-state index contributed by atoms with van der Waals surface area (Å²) in [6.45, 7) is 6.01. The lowest BCUT2D eigenvalue weighted by atomic mass is 10.0. The number of rotatable bonds is 5. The van der Waals surface area contributed by atoms with E-state index in [4.69, 9.17) is 0 Å². The first-order valence-corrected chi connectivity index (χ1v) is 11.3. The third-order valence-corrected chi connectivity index (χ3v) is 7.76. The smallest absolute Gasteiger partial charge is 0.254 e. The fraction of sp³-hybridized carbons (Fsp3) is 0.650. The predicted molar refractivity (Wildman–Crippen MR) is 103 cm³/mol. The predicted octanol–water partition coefficient (Wildman–Crippen LogP) is 3.51. The second kappa shape index (κ2) is 8.09. The number of hydrogen-bond acceptors (Lipinski definition) is 3. The molecule has 1 aliphatic carbocycles. The highest BCUT2D eigenvalue weighted by Gasteiger charge is 2.29. The van der Waals surface area contributed by atoms with E-state index < -0.39 is 10.0 Å². The van der Waals surface area contributed by atoms with Crippen LogP contribution in [-0.2, 0) is 10.0 Å². The van der Waals surface area contributed by atoms with Gasteiger partial charge in [0.25, 0.3) is 5.91 Å². The van der Waals surface area contributed by atoms with Crippen molar-refractivity contribution in [1.82, 2.24) is 9.21 Å². The number of carbonyl (C=O) groups excluding carboxylic acids is 1. The highest BCUT2D eigenvalue weighted by atomic mass is 32.2. The van der Waals surface area contributed by atoms with Crippen molar-refractivity contribution in [3.63, 3.8) is 0 Å². The fourth-order valence-corrected chi connectivity index (χ4v) is 5.56. The summed E-state index contributed by atoms with van der Waals surface area (Å²) in [5.41, 5.74) is 0.574. The molecule has 2 aliphatic rings. The Labute approximate surface area is 157 Å². The zero-order valence-corrected chi connectivity index (χ0v) is 16.7. The van der Waals surface area contributed by atoms with E-state index in [0.717, 1.165) is 25.7 Å². The molecular formula is C20H30N2O3S. The SMILES string of the molecule is CCN(C(=O)c1ccc(S(=O)(=O)N2CCC(C)CC2)cc1)C1CCCC1. The minimum Gasteiger partial charge on any atom is -0.336 e. The largest absolute Gasteiger partial charge is 0.336 e. The lowest BCUT2D eigenvalue weighted by molar-refractivity contribution is 0.0693. The van der Waals surface area contributed by atoms with Crippen LogP contribution in [0.2, 0.25) is 0 Å². The molecule has 1 aromatic rings. The first kappa shape index (κ1) is 19.4. The van der Waals surface area contributed by atoms with E-state index in [0.29, 0.717) is 37.2 Å². The second-order valence-corrected chi connectivity index (χ2v) is 9.58. The van der Waals surface area contributed by atoms with Crippen LogP contribution in [0.1, 0.15) is 62.7 Å². The normalized spacial score (nSPS) is 20.4. The van der Waals surface area contributed by atoms with Gasteiger partial charge in [-0.15, -0.1) is 0 Å². The van der Waals surface area contributed by atoms with Crippen molar-refractivity contribution in [3.05, 3.63) is 29.8 Å². The third-order valence-electron chi connectivity index (χ3n) is 5.85. The number of hydrogen-bond donors (Lipinski definition) is 0. The molecule has 144 valence electrons. The van der Waals surface area contributed by atoms with Crippen molar-refractivity contribution in [2.24, 2.45) is 5.92 Å². The lowest BCUT2D eigenvalue weighted by Crippen LogP contribution is -2.39. The lowest BCUT2D eigenvalue weighted by Gasteiger charge is -2.29. The van der Waals surface area contributed by atoms with Crippen LogP contribution < -0.4 is 0 Å². The summed E-state index contributed by atoms with van der Waals surface area (Å²) >= 11 is 0. The Hall–Kier alpha value is -1.40. The monoisotopic (exact) mass is 378 g/mol. The molecular weight excluding hydrogens is 348 g/mol. The molecule has 0 spiro atoms. The molecule has 1 amide bonds. The number of amides is 1. The van der Waals surface area contributed by atoms with Crippen LogP contribution in [0.5, 0.6) is 0 Å². The Morgan fingerprint density at radius 1 is 1.08 bits per heavy atom. The molecule has 0 bridgehead atoms. The molecule has 1 heterocycles. The average molecular weight is 379 g/mol. The highest BCUT2D eigenvalue weighted by molar-refractivity contribution is 7.89. The molecule has 1 saturated heterocycles. The Balaban J connectivity index is 1.74. The van der Waals surface area contributed by atoms with Crippen molar-refractivity contribution in [1.29, 1.82) is 0 Å². The van der Waals surface area contributed by atoms with Gasteiger partial charge in [-0.1, -0.05) is 19.8 Å². The van der Waals surface area contributed by atoms with E-state index in [9.17, 15) is 13.2 Å². The quantitative estimate of drug-likeness (QED) is 0.788. The van der Waals surface area contributed by atoms with Crippen molar-refractivity contribution in [2.45, 2.75) is 63.3 Å². The minimum absolute atomic E-state index is 0.00939. The number of carbonyl (C=O) groups is 1. The Kier molecular flexibility index (Phi) is 6.03. The summed E-state index contributed by atoms with van der Waals surface area (Å²) in [5, 5.41) is 0. The molecule has 0 radical (unpaired) electrons. The topological polar surface area (TPSA) is 57.7 Å². The van der Waals surface area contributed by atoms with E-state index in [-0.39, 0.29) is 10.8 Å². The molecule has 1 aliphatic heterocycles. The van der Waals surface area contributed by atoms with Crippen LogP contribution in [0.15, 0.2) is 29.2 Å². The van der Waals surface area contributed by atoms with Crippen molar-refractivity contribution in [3.8, 4) is 0 Å². The molecule has 5 nitrogen and oxygen atoms in total. The molecule has 26 heavy (non-hydrogen) atoms. The highest BCUT2D eigenvalue weighted by Crippen LogP contribution is 2.26. The van der Waals surface area contributed by atoms with Gasteiger partial charge < -0.3 is 4.90 Å². The maximum Gasteiger partial charge on any atom is 0.254 e. The summed E-state index contributed by atoms with van der Waals surface area (Å²) in [6, 6.07) is 6.83. The zero-order valence-electron chi connectivity index (χ0n) is 15.9. The van der Waals surface area contributed by atoms with E-state index in [1.807, 2.05) is 11.8 Å². The van der Waals surface area contributed by atoms with Gasteiger partial charge in [-0.25, -0.2) is 8.42 Å². The van der Waals surface area contributed by atoms with E-state index in [2.05, 4.69) is 6.92 Å². The minimum atomic E-state index is -3.46. The Bertz CT molecular complexity index is 716. The second-order valence-electron chi connectivity index (χ2n) is 7.64. The summed E-state index contributed by atoms with van der Waals surface area (Å²) < 4.78 is 27.2. The maximum absolute atomic E-state index is 12.8. The average Bonchev–Trinajstić information content (AvgIpc) is 3.17. The standard InChI is InChI=1S/C20H30N2O3S/c1-3-22(18-6-4-5-7-18)20(23)17-8-10-19(11-9-17)26(24,25)21-14-12-16(2)13-15-21/h8-11,16,18H,3-7,12-15H2,1-2H3. The van der Waals surface area contributed by atoms with Crippen molar-refractivity contribution < 1.29 is 13.2 Å². The third kappa shape index (κ3) is 3.96. The summed E-state index contributed by atoms with van der Waals surface area (Å²) in [4.78, 5) is 15.0. The number of sulfonamides is 1. The summed E-state index contributed by atoms with van der Waals surface area (Å²) in [5.74, 6) is 0.590. The summed E-state index contributed by atoms with van der Waals surface area (Å²) in [6.07, 6.45) is 6.31. The Morgan fingerprint density at radius 3 is 2.19 bits per heavy atom. The molecule has 2 fully saturated rings. The number of nitrogens with zero attached hydrogens (tertiary/aromatic N) is 2. The van der Waals surface area contributed by atoms with Crippen LogP contribution in [-0.4, -0.2) is 49.2 Å². The molecule has 0 N–H and O–H groups in total. The van der Waals surface area contributed by atoms with Gasteiger partial charge in [-0.05, 0) is 62.8 Å².